The van der Waals surface area contributed by atoms with Crippen LogP contribution in [0.4, 0.5) is 5.69 Å². The van der Waals surface area contributed by atoms with Crippen LogP contribution in [0.25, 0.3) is 0 Å². The molecule has 116 valence electrons. The maximum Gasteiger partial charge on any atom is 0.255 e. The molecule has 1 aromatic heterocycles. The van der Waals surface area contributed by atoms with Crippen LogP contribution in [0.15, 0.2) is 12.3 Å². The largest absolute Gasteiger partial charge is 0.397 e. The number of nitrogen functional groups attached to an aromatic ring is 1. The van der Waals surface area contributed by atoms with E-state index in [9.17, 15) is 13.2 Å². The number of sulfonamides is 1. The Morgan fingerprint density at radius 1 is 1.52 bits per heavy atom. The van der Waals surface area contributed by atoms with Crippen LogP contribution >= 0.6 is 0 Å². The summed E-state index contributed by atoms with van der Waals surface area (Å²) in [5.74, 6) is -0.160. The first-order valence-corrected chi connectivity index (χ1v) is 8.64. The first-order chi connectivity index (χ1) is 9.76. The number of piperidine rings is 1. The number of aromatic nitrogens is 1. The molecule has 2 rings (SSSR count). The Kier molecular flexibility index (Phi) is 4.48. The van der Waals surface area contributed by atoms with Gasteiger partial charge < -0.3 is 10.6 Å². The van der Waals surface area contributed by atoms with Crippen LogP contribution in [0, 0.1) is 6.92 Å². The summed E-state index contributed by atoms with van der Waals surface area (Å²) < 4.78 is 25.2. The van der Waals surface area contributed by atoms with E-state index < -0.39 is 10.0 Å². The van der Waals surface area contributed by atoms with Crippen molar-refractivity contribution < 1.29 is 13.2 Å². The molecule has 0 aromatic carbocycles. The number of hydrogen-bond acceptors (Lipinski definition) is 5. The van der Waals surface area contributed by atoms with Crippen molar-refractivity contribution in [3.63, 3.8) is 0 Å². The second-order valence-electron chi connectivity index (χ2n) is 5.38. The van der Waals surface area contributed by atoms with Crippen LogP contribution in [0.5, 0.6) is 0 Å². The fourth-order valence-corrected chi connectivity index (χ4v) is 3.29. The van der Waals surface area contributed by atoms with Crippen LogP contribution in [-0.2, 0) is 10.0 Å². The van der Waals surface area contributed by atoms with Crippen molar-refractivity contribution in [2.75, 3.05) is 25.1 Å². The number of nitrogens with zero attached hydrogens (tertiary/aromatic N) is 2. The molecule has 1 fully saturated rings. The number of likely N-dealkylation sites (tertiary alicyclic amines) is 1. The van der Waals surface area contributed by atoms with Gasteiger partial charge in [-0.05, 0) is 25.8 Å². The quantitative estimate of drug-likeness (QED) is 0.825. The second kappa shape index (κ2) is 5.98. The normalized spacial score (nSPS) is 19.5. The molecule has 0 spiro atoms. The van der Waals surface area contributed by atoms with Gasteiger partial charge in [-0.1, -0.05) is 0 Å². The fourth-order valence-electron chi connectivity index (χ4n) is 2.50. The minimum absolute atomic E-state index is 0.160. The van der Waals surface area contributed by atoms with Gasteiger partial charge in [-0.15, -0.1) is 0 Å². The number of hydrogen-bond donors (Lipinski definition) is 2. The van der Waals surface area contributed by atoms with Crippen molar-refractivity contribution in [2.45, 2.75) is 25.8 Å². The van der Waals surface area contributed by atoms with Crippen molar-refractivity contribution in [3.05, 3.63) is 23.5 Å². The number of nitrogens with two attached hydrogens (primary N) is 1. The minimum Gasteiger partial charge on any atom is -0.397 e. The summed E-state index contributed by atoms with van der Waals surface area (Å²) in [6.07, 6.45) is 4.12. The van der Waals surface area contributed by atoms with Crippen molar-refractivity contribution >= 4 is 21.6 Å². The zero-order chi connectivity index (χ0) is 15.6. The number of rotatable bonds is 3. The van der Waals surface area contributed by atoms with Crippen molar-refractivity contribution in [1.29, 1.82) is 0 Å². The highest BCUT2D eigenvalue weighted by atomic mass is 32.2. The van der Waals surface area contributed by atoms with E-state index in [0.717, 1.165) is 19.1 Å². The standard InChI is InChI=1S/C13H20N4O3S/c1-9-12(6-10(14)7-15-9)13(18)17-5-3-4-11(8-17)16-21(2,19)20/h6-7,11,16H,3-5,8,14H2,1-2H3. The van der Waals surface area contributed by atoms with Gasteiger partial charge in [0.15, 0.2) is 0 Å². The van der Waals surface area contributed by atoms with E-state index in [0.29, 0.717) is 30.0 Å². The second-order valence-corrected chi connectivity index (χ2v) is 7.16. The van der Waals surface area contributed by atoms with Gasteiger partial charge in [0.1, 0.15) is 0 Å². The van der Waals surface area contributed by atoms with Gasteiger partial charge in [-0.3, -0.25) is 9.78 Å². The van der Waals surface area contributed by atoms with Crippen LogP contribution in [0.1, 0.15) is 28.9 Å². The van der Waals surface area contributed by atoms with Crippen molar-refractivity contribution in [3.8, 4) is 0 Å². The van der Waals surface area contributed by atoms with Gasteiger partial charge >= 0.3 is 0 Å². The third-order valence-electron chi connectivity index (χ3n) is 3.43. The van der Waals surface area contributed by atoms with E-state index in [-0.39, 0.29) is 11.9 Å². The number of aryl methyl sites for hydroxylation is 1. The monoisotopic (exact) mass is 312 g/mol. The molecule has 21 heavy (non-hydrogen) atoms. The Morgan fingerprint density at radius 2 is 2.24 bits per heavy atom. The molecule has 1 aliphatic heterocycles. The predicted molar refractivity (Wildman–Crippen MR) is 80.3 cm³/mol. The maximum absolute atomic E-state index is 12.5. The molecule has 1 aromatic rings. The zero-order valence-electron chi connectivity index (χ0n) is 12.2. The summed E-state index contributed by atoms with van der Waals surface area (Å²) in [5, 5.41) is 0. The van der Waals surface area contributed by atoms with E-state index in [2.05, 4.69) is 9.71 Å². The lowest BCUT2D eigenvalue weighted by Crippen LogP contribution is -2.49. The van der Waals surface area contributed by atoms with Gasteiger partial charge in [0.05, 0.1) is 29.4 Å². The van der Waals surface area contributed by atoms with E-state index in [1.54, 1.807) is 17.9 Å². The third kappa shape index (κ3) is 4.15. The zero-order valence-corrected chi connectivity index (χ0v) is 13.0. The van der Waals surface area contributed by atoms with Gasteiger partial charge in [-0.25, -0.2) is 13.1 Å². The molecule has 1 unspecified atom stereocenters. The van der Waals surface area contributed by atoms with Crippen LogP contribution in [0.2, 0.25) is 0 Å². The van der Waals surface area contributed by atoms with Gasteiger partial charge in [0, 0.05) is 19.1 Å². The first-order valence-electron chi connectivity index (χ1n) is 6.75. The predicted octanol–water partition coefficient (Wildman–Crippen LogP) is 0.126. The van der Waals surface area contributed by atoms with Crippen molar-refractivity contribution in [1.82, 2.24) is 14.6 Å². The number of carbonyl (C=O) groups excluding carboxylic acids is 1. The summed E-state index contributed by atoms with van der Waals surface area (Å²) in [6.45, 7) is 2.72. The first kappa shape index (κ1) is 15.7. The molecule has 0 saturated carbocycles. The van der Waals surface area contributed by atoms with Crippen LogP contribution in [0.3, 0.4) is 0 Å². The topological polar surface area (TPSA) is 105 Å². The lowest BCUT2D eigenvalue weighted by atomic mass is 10.0. The van der Waals surface area contributed by atoms with Gasteiger partial charge in [0.25, 0.3) is 5.91 Å². The smallest absolute Gasteiger partial charge is 0.255 e. The number of carbonyl (C=O) groups is 1. The Hall–Kier alpha value is -1.67. The summed E-state index contributed by atoms with van der Waals surface area (Å²) in [6, 6.07) is 1.37. The molecular formula is C13H20N4O3S. The molecule has 0 bridgehead atoms. The molecule has 8 heteroatoms. The molecule has 7 nitrogen and oxygen atoms in total. The molecule has 3 N–H and O–H groups in total. The number of anilines is 1. The molecule has 0 radical (unpaired) electrons. The van der Waals surface area contributed by atoms with E-state index in [4.69, 9.17) is 5.73 Å². The highest BCUT2D eigenvalue weighted by Crippen LogP contribution is 2.17. The lowest BCUT2D eigenvalue weighted by molar-refractivity contribution is 0.0702. The van der Waals surface area contributed by atoms with Crippen molar-refractivity contribution in [2.24, 2.45) is 0 Å². The summed E-state index contributed by atoms with van der Waals surface area (Å²) in [4.78, 5) is 18.3. The number of nitrogens with one attached hydrogen (secondary N) is 1. The van der Waals surface area contributed by atoms with E-state index in [1.807, 2.05) is 0 Å². The van der Waals surface area contributed by atoms with Gasteiger partial charge in [0.2, 0.25) is 10.0 Å². The van der Waals surface area contributed by atoms with Crippen LogP contribution in [-0.4, -0.2) is 49.6 Å². The summed E-state index contributed by atoms with van der Waals surface area (Å²) in [5.41, 5.74) is 7.20. The minimum atomic E-state index is -3.27. The van der Waals surface area contributed by atoms with Crippen LogP contribution < -0.4 is 10.5 Å². The third-order valence-corrected chi connectivity index (χ3v) is 4.19. The molecule has 1 atom stereocenters. The number of pyridine rings is 1. The SMILES string of the molecule is Cc1ncc(N)cc1C(=O)N1CCCC(NS(C)(=O)=O)C1. The number of amides is 1. The Bertz CT molecular complexity index is 645. The van der Waals surface area contributed by atoms with E-state index >= 15 is 0 Å². The lowest BCUT2D eigenvalue weighted by Gasteiger charge is -2.33. The Morgan fingerprint density at radius 3 is 2.90 bits per heavy atom. The molecule has 0 aliphatic carbocycles. The maximum atomic E-state index is 12.5. The fraction of sp³-hybridized carbons (Fsp3) is 0.538. The highest BCUT2D eigenvalue weighted by molar-refractivity contribution is 7.88. The Balaban J connectivity index is 2.14. The summed E-state index contributed by atoms with van der Waals surface area (Å²) >= 11 is 0. The molecular weight excluding hydrogens is 292 g/mol. The highest BCUT2D eigenvalue weighted by Gasteiger charge is 2.27. The molecule has 2 heterocycles. The summed E-state index contributed by atoms with van der Waals surface area (Å²) in [7, 11) is -3.27. The molecule has 1 aliphatic rings. The Labute approximate surface area is 124 Å². The molecule has 1 amide bonds. The molecule has 1 saturated heterocycles. The van der Waals surface area contributed by atoms with Gasteiger partial charge in [-0.2, -0.15) is 0 Å². The van der Waals surface area contributed by atoms with E-state index in [1.165, 1.54) is 6.20 Å². The average Bonchev–Trinajstić information content (AvgIpc) is 2.39. The average molecular weight is 312 g/mol.